The molecule has 150 valence electrons. The van der Waals surface area contributed by atoms with Gasteiger partial charge in [0.2, 0.25) is 4.77 Å². The SMILES string of the molecule is CCOc1cc(/C=N\n2c(C)n[nH]c2=S)ccc1OCC(=O)Nc1ccccc1. The number of benzene rings is 2. The number of H-pyrrole nitrogens is 1. The number of aryl methyl sites for hydroxylation is 1. The third-order valence-electron chi connectivity index (χ3n) is 3.82. The number of carbonyl (C=O) groups is 1. The zero-order valence-electron chi connectivity index (χ0n) is 16.1. The normalized spacial score (nSPS) is 10.8. The Morgan fingerprint density at radius 3 is 2.72 bits per heavy atom. The van der Waals surface area contributed by atoms with E-state index in [4.69, 9.17) is 21.7 Å². The van der Waals surface area contributed by atoms with Crippen molar-refractivity contribution in [3.63, 3.8) is 0 Å². The van der Waals surface area contributed by atoms with E-state index in [1.807, 2.05) is 43.3 Å². The maximum atomic E-state index is 12.1. The van der Waals surface area contributed by atoms with Crippen LogP contribution in [0.15, 0.2) is 53.6 Å². The summed E-state index contributed by atoms with van der Waals surface area (Å²) in [7, 11) is 0. The highest BCUT2D eigenvalue weighted by Gasteiger charge is 2.09. The Morgan fingerprint density at radius 1 is 1.24 bits per heavy atom. The smallest absolute Gasteiger partial charge is 0.262 e. The van der Waals surface area contributed by atoms with Crippen LogP contribution in [0.4, 0.5) is 5.69 Å². The molecule has 1 heterocycles. The van der Waals surface area contributed by atoms with Crippen LogP contribution in [0.25, 0.3) is 0 Å². The Balaban J connectivity index is 1.69. The molecule has 0 aliphatic carbocycles. The van der Waals surface area contributed by atoms with Crippen molar-refractivity contribution in [2.75, 3.05) is 18.5 Å². The third-order valence-corrected chi connectivity index (χ3v) is 4.08. The molecule has 2 N–H and O–H groups in total. The van der Waals surface area contributed by atoms with Crippen molar-refractivity contribution in [2.24, 2.45) is 5.10 Å². The van der Waals surface area contributed by atoms with Crippen molar-refractivity contribution in [1.29, 1.82) is 0 Å². The predicted molar refractivity (Wildman–Crippen MR) is 113 cm³/mol. The number of aromatic nitrogens is 3. The first-order valence-corrected chi connectivity index (χ1v) is 9.40. The van der Waals surface area contributed by atoms with Gasteiger partial charge in [0, 0.05) is 5.69 Å². The average molecular weight is 411 g/mol. The summed E-state index contributed by atoms with van der Waals surface area (Å²) in [5.74, 6) is 1.40. The van der Waals surface area contributed by atoms with Crippen LogP contribution in [0.5, 0.6) is 11.5 Å². The molecule has 0 radical (unpaired) electrons. The summed E-state index contributed by atoms with van der Waals surface area (Å²) in [5.41, 5.74) is 1.50. The lowest BCUT2D eigenvalue weighted by Gasteiger charge is -2.12. The lowest BCUT2D eigenvalue weighted by atomic mass is 10.2. The number of hydrogen-bond donors (Lipinski definition) is 2. The summed E-state index contributed by atoms with van der Waals surface area (Å²) < 4.78 is 13.2. The highest BCUT2D eigenvalue weighted by atomic mass is 32.1. The van der Waals surface area contributed by atoms with Crippen molar-refractivity contribution in [2.45, 2.75) is 13.8 Å². The summed E-state index contributed by atoms with van der Waals surface area (Å²) in [4.78, 5) is 12.1. The summed E-state index contributed by atoms with van der Waals surface area (Å²) in [6, 6.07) is 14.5. The van der Waals surface area contributed by atoms with Crippen molar-refractivity contribution < 1.29 is 14.3 Å². The molecule has 0 aliphatic rings. The molecule has 29 heavy (non-hydrogen) atoms. The molecule has 1 amide bonds. The fraction of sp³-hybridized carbons (Fsp3) is 0.200. The van der Waals surface area contributed by atoms with Crippen molar-refractivity contribution in [3.8, 4) is 11.5 Å². The zero-order chi connectivity index (χ0) is 20.6. The molecule has 0 spiro atoms. The van der Waals surface area contributed by atoms with Gasteiger partial charge in [-0.15, -0.1) is 0 Å². The van der Waals surface area contributed by atoms with E-state index in [0.29, 0.717) is 34.4 Å². The van der Waals surface area contributed by atoms with Crippen LogP contribution in [0.3, 0.4) is 0 Å². The van der Waals surface area contributed by atoms with Gasteiger partial charge in [-0.25, -0.2) is 0 Å². The van der Waals surface area contributed by atoms with Crippen LogP contribution in [0.2, 0.25) is 0 Å². The van der Waals surface area contributed by atoms with E-state index in [9.17, 15) is 4.79 Å². The number of aromatic amines is 1. The molecule has 0 saturated carbocycles. The number of rotatable bonds is 8. The minimum absolute atomic E-state index is 0.133. The van der Waals surface area contributed by atoms with Gasteiger partial charge in [0.15, 0.2) is 18.1 Å². The van der Waals surface area contributed by atoms with Gasteiger partial charge in [-0.2, -0.15) is 14.9 Å². The van der Waals surface area contributed by atoms with E-state index in [1.54, 1.807) is 25.3 Å². The Bertz CT molecular complexity index is 1060. The molecule has 3 aromatic rings. The molecule has 2 aromatic carbocycles. The average Bonchev–Trinajstić information content (AvgIpc) is 3.04. The molecular weight excluding hydrogens is 390 g/mol. The predicted octanol–water partition coefficient (Wildman–Crippen LogP) is 3.55. The van der Waals surface area contributed by atoms with E-state index in [0.717, 1.165) is 5.56 Å². The Morgan fingerprint density at radius 2 is 2.03 bits per heavy atom. The van der Waals surface area contributed by atoms with Crippen molar-refractivity contribution in [1.82, 2.24) is 14.9 Å². The van der Waals surface area contributed by atoms with Crippen molar-refractivity contribution >= 4 is 30.0 Å². The topological polar surface area (TPSA) is 93.5 Å². The van der Waals surface area contributed by atoms with E-state index in [-0.39, 0.29) is 12.5 Å². The van der Waals surface area contributed by atoms with E-state index < -0.39 is 0 Å². The number of ether oxygens (including phenoxy) is 2. The highest BCUT2D eigenvalue weighted by molar-refractivity contribution is 7.71. The lowest BCUT2D eigenvalue weighted by Crippen LogP contribution is -2.20. The fourth-order valence-corrected chi connectivity index (χ4v) is 2.71. The summed E-state index contributed by atoms with van der Waals surface area (Å²) in [5, 5.41) is 13.8. The van der Waals surface area contributed by atoms with Crippen LogP contribution in [-0.4, -0.2) is 40.2 Å². The largest absolute Gasteiger partial charge is 0.490 e. The van der Waals surface area contributed by atoms with Crippen LogP contribution < -0.4 is 14.8 Å². The highest BCUT2D eigenvalue weighted by Crippen LogP contribution is 2.28. The number of para-hydroxylation sites is 1. The van der Waals surface area contributed by atoms with Gasteiger partial charge >= 0.3 is 0 Å². The van der Waals surface area contributed by atoms with Crippen molar-refractivity contribution in [3.05, 3.63) is 64.7 Å². The van der Waals surface area contributed by atoms with Crippen LogP contribution in [-0.2, 0) is 4.79 Å². The second-order valence-corrected chi connectivity index (χ2v) is 6.36. The molecule has 0 unspecified atom stereocenters. The molecule has 9 heteroatoms. The molecule has 0 aliphatic heterocycles. The molecule has 0 fully saturated rings. The molecule has 0 atom stereocenters. The Labute approximate surface area is 173 Å². The number of amides is 1. The standard InChI is InChI=1S/C20H21N5O3S/c1-3-27-18-11-15(12-21-25-14(2)23-24-20(25)29)9-10-17(18)28-13-19(26)22-16-7-5-4-6-8-16/h4-12H,3,13H2,1-2H3,(H,22,26)(H,24,29)/b21-12-. The summed E-state index contributed by atoms with van der Waals surface area (Å²) in [6.07, 6.45) is 1.65. The third kappa shape index (κ3) is 5.52. The first kappa shape index (κ1) is 20.3. The first-order valence-electron chi connectivity index (χ1n) is 8.99. The molecule has 3 rings (SSSR count). The Kier molecular flexibility index (Phi) is 6.75. The van der Waals surface area contributed by atoms with E-state index in [1.165, 1.54) is 4.68 Å². The second kappa shape index (κ2) is 9.65. The van der Waals surface area contributed by atoms with Crippen LogP contribution in [0.1, 0.15) is 18.3 Å². The molecule has 8 nitrogen and oxygen atoms in total. The number of carbonyl (C=O) groups excluding carboxylic acids is 1. The summed E-state index contributed by atoms with van der Waals surface area (Å²) in [6.45, 7) is 4.00. The van der Waals surface area contributed by atoms with E-state index >= 15 is 0 Å². The fourth-order valence-electron chi connectivity index (χ4n) is 2.49. The van der Waals surface area contributed by atoms with Gasteiger partial charge in [0.1, 0.15) is 5.82 Å². The quantitative estimate of drug-likeness (QED) is 0.437. The van der Waals surface area contributed by atoms with Crippen LogP contribution >= 0.6 is 12.2 Å². The van der Waals surface area contributed by atoms with Gasteiger partial charge in [-0.05, 0) is 62.0 Å². The zero-order valence-corrected chi connectivity index (χ0v) is 16.9. The Hall–Kier alpha value is -3.46. The maximum absolute atomic E-state index is 12.1. The second-order valence-electron chi connectivity index (χ2n) is 5.97. The minimum atomic E-state index is -0.255. The molecule has 0 saturated heterocycles. The lowest BCUT2D eigenvalue weighted by molar-refractivity contribution is -0.118. The molecule has 0 bridgehead atoms. The van der Waals surface area contributed by atoms with Gasteiger partial charge in [0.25, 0.3) is 5.91 Å². The number of hydrogen-bond acceptors (Lipinski definition) is 6. The molecular formula is C20H21N5O3S. The number of nitrogens with zero attached hydrogens (tertiary/aromatic N) is 3. The minimum Gasteiger partial charge on any atom is -0.490 e. The maximum Gasteiger partial charge on any atom is 0.262 e. The van der Waals surface area contributed by atoms with Gasteiger partial charge in [-0.1, -0.05) is 18.2 Å². The number of nitrogens with one attached hydrogen (secondary N) is 2. The monoisotopic (exact) mass is 411 g/mol. The summed E-state index contributed by atoms with van der Waals surface area (Å²) >= 11 is 5.13. The first-order chi connectivity index (χ1) is 14.1. The van der Waals surface area contributed by atoms with Gasteiger partial charge in [0.05, 0.1) is 12.8 Å². The number of anilines is 1. The van der Waals surface area contributed by atoms with E-state index in [2.05, 4.69) is 20.6 Å². The van der Waals surface area contributed by atoms with Crippen LogP contribution in [0, 0.1) is 11.7 Å². The molecule has 1 aromatic heterocycles. The van der Waals surface area contributed by atoms with Gasteiger partial charge in [-0.3, -0.25) is 9.89 Å². The van der Waals surface area contributed by atoms with Gasteiger partial charge < -0.3 is 14.8 Å².